The first-order valence-electron chi connectivity index (χ1n) is 5.66. The van der Waals surface area contributed by atoms with Gasteiger partial charge in [0.2, 0.25) is 4.77 Å². The summed E-state index contributed by atoms with van der Waals surface area (Å²) in [6.45, 7) is 1.81. The van der Waals surface area contributed by atoms with Crippen molar-refractivity contribution in [3.63, 3.8) is 0 Å². The molecule has 20 heavy (non-hydrogen) atoms. The van der Waals surface area contributed by atoms with Gasteiger partial charge in [-0.1, -0.05) is 0 Å². The van der Waals surface area contributed by atoms with Crippen molar-refractivity contribution in [3.8, 4) is 11.5 Å². The van der Waals surface area contributed by atoms with Gasteiger partial charge in [0.25, 0.3) is 0 Å². The zero-order valence-corrected chi connectivity index (χ0v) is 13.6. The molecule has 1 aromatic heterocycles. The second-order valence-corrected chi connectivity index (χ2v) is 5.10. The standard InChI is InChI=1S/C12H13BrN4O2S/c1-7-15-16-12(20)17(7)14-6-8-4-10(18-2)11(19-3)5-9(8)13/h4-6H,1-3H3,(H,16,20). The van der Waals surface area contributed by atoms with Crippen LogP contribution in [0.1, 0.15) is 11.4 Å². The molecular weight excluding hydrogens is 344 g/mol. The summed E-state index contributed by atoms with van der Waals surface area (Å²) in [5.41, 5.74) is 0.838. The highest BCUT2D eigenvalue weighted by atomic mass is 79.9. The minimum Gasteiger partial charge on any atom is -0.493 e. The number of rotatable bonds is 4. The highest BCUT2D eigenvalue weighted by Crippen LogP contribution is 2.32. The van der Waals surface area contributed by atoms with Crippen molar-refractivity contribution in [1.29, 1.82) is 0 Å². The van der Waals surface area contributed by atoms with Crippen LogP contribution in [0.15, 0.2) is 21.7 Å². The zero-order valence-electron chi connectivity index (χ0n) is 11.2. The number of nitrogens with zero attached hydrogens (tertiary/aromatic N) is 3. The van der Waals surface area contributed by atoms with Crippen LogP contribution in [-0.2, 0) is 0 Å². The number of hydrogen-bond acceptors (Lipinski definition) is 5. The normalized spacial score (nSPS) is 11.0. The van der Waals surface area contributed by atoms with E-state index in [2.05, 4.69) is 31.2 Å². The van der Waals surface area contributed by atoms with Crippen LogP contribution in [0.3, 0.4) is 0 Å². The summed E-state index contributed by atoms with van der Waals surface area (Å²) in [5, 5.41) is 11.0. The Balaban J connectivity index is 2.41. The Morgan fingerprint density at radius 2 is 2.00 bits per heavy atom. The van der Waals surface area contributed by atoms with Gasteiger partial charge in [0, 0.05) is 10.0 Å². The third kappa shape index (κ3) is 2.91. The van der Waals surface area contributed by atoms with Crippen LogP contribution < -0.4 is 9.47 Å². The fraction of sp³-hybridized carbons (Fsp3) is 0.250. The van der Waals surface area contributed by atoms with Crippen molar-refractivity contribution in [3.05, 3.63) is 32.8 Å². The lowest BCUT2D eigenvalue weighted by atomic mass is 10.2. The lowest BCUT2D eigenvalue weighted by Gasteiger charge is -2.09. The van der Waals surface area contributed by atoms with E-state index in [0.717, 1.165) is 10.0 Å². The lowest BCUT2D eigenvalue weighted by molar-refractivity contribution is 0.354. The summed E-state index contributed by atoms with van der Waals surface area (Å²) < 4.78 is 13.3. The Morgan fingerprint density at radius 3 is 2.55 bits per heavy atom. The molecule has 0 aliphatic rings. The molecule has 2 rings (SSSR count). The van der Waals surface area contributed by atoms with E-state index in [9.17, 15) is 0 Å². The third-order valence-corrected chi connectivity index (χ3v) is 3.58. The molecule has 0 aliphatic carbocycles. The first-order valence-corrected chi connectivity index (χ1v) is 6.87. The van der Waals surface area contributed by atoms with E-state index in [0.29, 0.717) is 22.1 Å². The van der Waals surface area contributed by atoms with Crippen molar-refractivity contribution < 1.29 is 9.47 Å². The molecule has 0 spiro atoms. The van der Waals surface area contributed by atoms with Gasteiger partial charge in [-0.3, -0.25) is 5.10 Å². The van der Waals surface area contributed by atoms with E-state index < -0.39 is 0 Å². The maximum absolute atomic E-state index is 5.26. The Hall–Kier alpha value is -1.67. The van der Waals surface area contributed by atoms with Crippen LogP contribution in [-0.4, -0.2) is 35.3 Å². The molecule has 0 atom stereocenters. The number of hydrogen-bond donors (Lipinski definition) is 1. The molecule has 0 radical (unpaired) electrons. The van der Waals surface area contributed by atoms with Gasteiger partial charge in [-0.25, -0.2) is 0 Å². The Labute approximate surface area is 129 Å². The van der Waals surface area contributed by atoms with Gasteiger partial charge < -0.3 is 9.47 Å². The Bertz CT molecular complexity index is 708. The van der Waals surface area contributed by atoms with Gasteiger partial charge in [0.1, 0.15) is 5.82 Å². The predicted molar refractivity (Wildman–Crippen MR) is 82.4 cm³/mol. The second kappa shape index (κ2) is 6.19. The average molecular weight is 357 g/mol. The molecule has 8 heteroatoms. The second-order valence-electron chi connectivity index (χ2n) is 3.86. The van der Waals surface area contributed by atoms with Crippen LogP contribution >= 0.6 is 28.1 Å². The van der Waals surface area contributed by atoms with Crippen LogP contribution in [0.25, 0.3) is 0 Å². The maximum atomic E-state index is 5.26. The van der Waals surface area contributed by atoms with Crippen molar-refractivity contribution in [2.75, 3.05) is 14.2 Å². The van der Waals surface area contributed by atoms with Gasteiger partial charge in [-0.2, -0.15) is 14.9 Å². The number of benzene rings is 1. The van der Waals surface area contributed by atoms with Crippen LogP contribution in [0.2, 0.25) is 0 Å². The van der Waals surface area contributed by atoms with Gasteiger partial charge in [0.15, 0.2) is 11.5 Å². The Kier molecular flexibility index (Phi) is 4.56. The molecule has 2 aromatic rings. The predicted octanol–water partition coefficient (Wildman–Crippen LogP) is 2.91. The van der Waals surface area contributed by atoms with Crippen molar-refractivity contribution in [2.24, 2.45) is 5.10 Å². The van der Waals surface area contributed by atoms with Gasteiger partial charge in [0.05, 0.1) is 20.4 Å². The first kappa shape index (κ1) is 14.7. The summed E-state index contributed by atoms with van der Waals surface area (Å²) in [5.74, 6) is 1.96. The number of ether oxygens (including phenoxy) is 2. The fourth-order valence-electron chi connectivity index (χ4n) is 1.60. The summed E-state index contributed by atoms with van der Waals surface area (Å²) in [6, 6.07) is 3.65. The van der Waals surface area contributed by atoms with E-state index >= 15 is 0 Å². The molecule has 0 fully saturated rings. The van der Waals surface area contributed by atoms with E-state index in [4.69, 9.17) is 21.7 Å². The summed E-state index contributed by atoms with van der Waals surface area (Å²) in [4.78, 5) is 0. The van der Waals surface area contributed by atoms with Crippen LogP contribution in [0.4, 0.5) is 0 Å². The van der Waals surface area contributed by atoms with Gasteiger partial charge >= 0.3 is 0 Å². The third-order valence-electron chi connectivity index (χ3n) is 2.63. The monoisotopic (exact) mass is 356 g/mol. The topological polar surface area (TPSA) is 64.4 Å². The molecule has 0 saturated carbocycles. The number of halogens is 1. The van der Waals surface area contributed by atoms with E-state index in [1.165, 1.54) is 0 Å². The molecule has 0 amide bonds. The number of methoxy groups -OCH3 is 2. The molecule has 6 nitrogen and oxygen atoms in total. The fourth-order valence-corrected chi connectivity index (χ4v) is 2.24. The largest absolute Gasteiger partial charge is 0.493 e. The minimum absolute atomic E-state index is 0.440. The van der Waals surface area contributed by atoms with Crippen molar-refractivity contribution in [2.45, 2.75) is 6.92 Å². The van der Waals surface area contributed by atoms with E-state index in [-0.39, 0.29) is 0 Å². The molecule has 0 aliphatic heterocycles. The van der Waals surface area contributed by atoms with E-state index in [1.807, 2.05) is 19.1 Å². The highest BCUT2D eigenvalue weighted by molar-refractivity contribution is 9.10. The summed E-state index contributed by atoms with van der Waals surface area (Å²) in [6.07, 6.45) is 1.67. The maximum Gasteiger partial charge on any atom is 0.216 e. The average Bonchev–Trinajstić information content (AvgIpc) is 2.76. The van der Waals surface area contributed by atoms with Gasteiger partial charge in [-0.15, -0.1) is 0 Å². The molecule has 0 saturated heterocycles. The number of aryl methyl sites for hydroxylation is 1. The molecule has 0 unspecified atom stereocenters. The number of nitrogens with one attached hydrogen (secondary N) is 1. The number of aromatic nitrogens is 3. The summed E-state index contributed by atoms with van der Waals surface area (Å²) in [7, 11) is 3.18. The molecular formula is C12H13BrN4O2S. The molecule has 1 aromatic carbocycles. The molecule has 106 valence electrons. The molecule has 0 bridgehead atoms. The van der Waals surface area contributed by atoms with Gasteiger partial charge in [-0.05, 0) is 47.2 Å². The zero-order chi connectivity index (χ0) is 14.7. The first-order chi connectivity index (χ1) is 9.56. The number of H-pyrrole nitrogens is 1. The molecule has 1 heterocycles. The highest BCUT2D eigenvalue weighted by Gasteiger charge is 2.08. The molecule has 1 N–H and O–H groups in total. The van der Waals surface area contributed by atoms with Crippen LogP contribution in [0, 0.1) is 11.7 Å². The van der Waals surface area contributed by atoms with Crippen LogP contribution in [0.5, 0.6) is 11.5 Å². The minimum atomic E-state index is 0.440. The van der Waals surface area contributed by atoms with E-state index in [1.54, 1.807) is 25.1 Å². The van der Waals surface area contributed by atoms with Crippen molar-refractivity contribution in [1.82, 2.24) is 14.9 Å². The van der Waals surface area contributed by atoms with Crippen molar-refractivity contribution >= 4 is 34.4 Å². The lowest BCUT2D eigenvalue weighted by Crippen LogP contribution is -1.96. The Morgan fingerprint density at radius 1 is 1.35 bits per heavy atom. The smallest absolute Gasteiger partial charge is 0.216 e. The SMILES string of the molecule is COc1cc(Br)c(C=Nn2c(C)n[nH]c2=S)cc1OC. The quantitative estimate of drug-likeness (QED) is 0.675. The number of aromatic amines is 1. The summed E-state index contributed by atoms with van der Waals surface area (Å²) >= 11 is 8.55.